The Morgan fingerprint density at radius 3 is 2.55 bits per heavy atom. The van der Waals surface area contributed by atoms with Gasteiger partial charge >= 0.3 is 29.6 Å². The van der Waals surface area contributed by atoms with Crippen LogP contribution in [0.15, 0.2) is 40.9 Å². The zero-order valence-corrected chi connectivity index (χ0v) is 19.8. The summed E-state index contributed by atoms with van der Waals surface area (Å²) in [5.74, 6) is -2.82. The van der Waals surface area contributed by atoms with Crippen LogP contribution in [-0.4, -0.2) is 52.7 Å². The monoisotopic (exact) mass is 455 g/mol. The van der Waals surface area contributed by atoms with Gasteiger partial charge < -0.3 is 25.8 Å². The maximum Gasteiger partial charge on any atom is 1.00 e. The topological polar surface area (TPSA) is 159 Å². The third-order valence-corrected chi connectivity index (χ3v) is 4.99. The minimum absolute atomic E-state index is 0. The zero-order chi connectivity index (χ0) is 21.8. The van der Waals surface area contributed by atoms with Crippen LogP contribution < -0.4 is 45.7 Å². The number of nitrogens with two attached hydrogens (primary N) is 1. The molecule has 0 bridgehead atoms. The van der Waals surface area contributed by atoms with E-state index >= 15 is 0 Å². The van der Waals surface area contributed by atoms with Gasteiger partial charge in [0.2, 0.25) is 0 Å². The smallest absolute Gasteiger partial charge is 0.547 e. The van der Waals surface area contributed by atoms with Crippen molar-refractivity contribution in [1.29, 1.82) is 0 Å². The van der Waals surface area contributed by atoms with Gasteiger partial charge in [0, 0.05) is 5.38 Å². The normalized spacial score (nSPS) is 19.1. The number of aromatic nitrogens is 1. The number of hydroxylamine groups is 2. The molecule has 1 aliphatic rings. The maximum absolute atomic E-state index is 12.6. The molecule has 1 aromatic carbocycles. The molecule has 1 unspecified atom stereocenters. The van der Waals surface area contributed by atoms with Crippen molar-refractivity contribution in [2.45, 2.75) is 25.1 Å². The molecule has 11 nitrogen and oxygen atoms in total. The Hall–Kier alpha value is -2.51. The molecular weight excluding hydrogens is 437 g/mol. The van der Waals surface area contributed by atoms with Crippen molar-refractivity contribution >= 4 is 40.0 Å². The molecule has 1 fully saturated rings. The number of nitrogens with one attached hydrogen (secondary N) is 1. The quantitative estimate of drug-likeness (QED) is 0.178. The molecule has 3 N–H and O–H groups in total. The Labute approximate surface area is 203 Å². The Morgan fingerprint density at radius 2 is 2.03 bits per heavy atom. The predicted octanol–water partition coefficient (Wildman–Crippen LogP) is -3.78. The number of hydrogen-bond acceptors (Lipinski definition) is 10. The summed E-state index contributed by atoms with van der Waals surface area (Å²) in [6.07, 6.45) is -1.47. The van der Waals surface area contributed by atoms with Crippen LogP contribution in [0, 0.1) is 0 Å². The van der Waals surface area contributed by atoms with Gasteiger partial charge in [0.05, 0.1) is 12.0 Å². The second-order valence-electron chi connectivity index (χ2n) is 6.26. The number of carbonyl (C=O) groups is 3. The number of rotatable bonds is 8. The first kappa shape index (κ1) is 24.8. The van der Waals surface area contributed by atoms with E-state index in [-0.39, 0.29) is 46.1 Å². The van der Waals surface area contributed by atoms with E-state index < -0.39 is 36.0 Å². The predicted molar refractivity (Wildman–Crippen MR) is 104 cm³/mol. The van der Waals surface area contributed by atoms with E-state index in [1.807, 2.05) is 0 Å². The average molecular weight is 455 g/mol. The maximum atomic E-state index is 12.6. The molecule has 2 heterocycles. The summed E-state index contributed by atoms with van der Waals surface area (Å²) in [4.78, 5) is 50.6. The summed E-state index contributed by atoms with van der Waals surface area (Å²) in [7, 11) is 1.26. The number of amides is 2. The number of anilines is 1. The zero-order valence-electron chi connectivity index (χ0n) is 17.0. The number of nitrogen functional groups attached to an aromatic ring is 1. The first-order chi connectivity index (χ1) is 14.3. The molecular formula is C18H18N5NaO6S. The van der Waals surface area contributed by atoms with E-state index in [0.717, 1.165) is 16.4 Å². The van der Waals surface area contributed by atoms with Gasteiger partial charge in [-0.25, -0.2) is 10.0 Å². The Balaban J connectivity index is 0.00000341. The first-order valence-electron chi connectivity index (χ1n) is 8.72. The molecule has 2 amide bonds. The molecule has 1 aliphatic heterocycles. The summed E-state index contributed by atoms with van der Waals surface area (Å²) < 4.78 is 0. The first-order valence-corrected chi connectivity index (χ1v) is 9.60. The Bertz CT molecular complexity index is 985. The molecule has 3 atom stereocenters. The molecule has 1 aromatic heterocycles. The molecule has 0 aliphatic carbocycles. The van der Waals surface area contributed by atoms with Gasteiger partial charge in [-0.3, -0.25) is 14.4 Å². The second-order valence-corrected chi connectivity index (χ2v) is 7.15. The Morgan fingerprint density at radius 1 is 1.35 bits per heavy atom. The summed E-state index contributed by atoms with van der Waals surface area (Å²) in [6.45, 7) is 1.59. The number of β-lactam (4-membered cyclic amide) rings is 1. The van der Waals surface area contributed by atoms with Gasteiger partial charge in [-0.2, -0.15) is 0 Å². The number of carbonyl (C=O) groups excluding carboxylic acids is 3. The van der Waals surface area contributed by atoms with Crippen molar-refractivity contribution in [2.75, 3.05) is 12.8 Å². The van der Waals surface area contributed by atoms with Crippen LogP contribution in [0.5, 0.6) is 0 Å². The minimum atomic E-state index is -1.50. The van der Waals surface area contributed by atoms with Crippen LogP contribution in [0.3, 0.4) is 0 Å². The number of oxime groups is 1. The third-order valence-electron chi connectivity index (χ3n) is 4.32. The van der Waals surface area contributed by atoms with Gasteiger partial charge in [0.15, 0.2) is 10.8 Å². The SMILES string of the molecule is CO/N=C(\C(=O)N[C@@H]1C(=O)N(OC(C(=O)[O-])c2ccccc2)[C@H]1C)c1csc(N)n1.[Na+]. The fourth-order valence-corrected chi connectivity index (χ4v) is 3.36. The van der Waals surface area contributed by atoms with Crippen molar-refractivity contribution in [2.24, 2.45) is 5.16 Å². The van der Waals surface area contributed by atoms with Crippen LogP contribution >= 0.6 is 11.3 Å². The molecule has 158 valence electrons. The van der Waals surface area contributed by atoms with Crippen molar-refractivity contribution in [3.05, 3.63) is 47.0 Å². The fraction of sp³-hybridized carbons (Fsp3) is 0.278. The molecule has 3 rings (SSSR count). The standard InChI is InChI=1S/C18H19N5O6S.Na/c1-9-12(21-15(24)13(22-28-2)11-8-30-18(19)20-11)16(25)23(9)29-14(17(26)27)10-6-4-3-5-7-10;/h3-9,12,14H,1-2H3,(H2,19,20)(H,21,24)(H,26,27);/q;+1/p-1/b22-13-;/t9-,12-,14?;/m0./s1. The van der Waals surface area contributed by atoms with Crippen molar-refractivity contribution in [3.8, 4) is 0 Å². The number of hydrogen-bond donors (Lipinski definition) is 2. The Kier molecular flexibility index (Phi) is 8.53. The summed E-state index contributed by atoms with van der Waals surface area (Å²) >= 11 is 1.12. The number of thiazole rings is 1. The van der Waals surface area contributed by atoms with Gasteiger partial charge in [-0.15, -0.1) is 11.3 Å². The van der Waals surface area contributed by atoms with Gasteiger partial charge in [-0.05, 0) is 12.5 Å². The van der Waals surface area contributed by atoms with Crippen LogP contribution in [-0.2, 0) is 24.1 Å². The molecule has 2 aromatic rings. The number of aliphatic carboxylic acids is 1. The largest absolute Gasteiger partial charge is 1.00 e. The molecule has 0 saturated carbocycles. The number of carboxylic acid groups (broad SMARTS) is 1. The molecule has 0 spiro atoms. The van der Waals surface area contributed by atoms with E-state index in [4.69, 9.17) is 10.6 Å². The molecule has 31 heavy (non-hydrogen) atoms. The fourth-order valence-electron chi connectivity index (χ4n) is 2.81. The minimum Gasteiger partial charge on any atom is -0.547 e. The number of benzene rings is 1. The van der Waals surface area contributed by atoms with Gasteiger partial charge in [0.1, 0.15) is 24.9 Å². The number of carboxylic acids is 1. The average Bonchev–Trinajstić information content (AvgIpc) is 3.16. The van der Waals surface area contributed by atoms with E-state index in [2.05, 4.69) is 20.3 Å². The van der Waals surface area contributed by atoms with Crippen LogP contribution in [0.2, 0.25) is 0 Å². The van der Waals surface area contributed by atoms with Crippen LogP contribution in [0.4, 0.5) is 5.13 Å². The van der Waals surface area contributed by atoms with Crippen LogP contribution in [0.25, 0.3) is 0 Å². The summed E-state index contributed by atoms with van der Waals surface area (Å²) in [6, 6.07) is 6.49. The van der Waals surface area contributed by atoms with E-state index in [0.29, 0.717) is 5.56 Å². The van der Waals surface area contributed by atoms with E-state index in [1.54, 1.807) is 37.3 Å². The second kappa shape index (κ2) is 10.7. The van der Waals surface area contributed by atoms with Crippen LogP contribution in [0.1, 0.15) is 24.3 Å². The van der Waals surface area contributed by atoms with Gasteiger partial charge in [-0.1, -0.05) is 35.5 Å². The third kappa shape index (κ3) is 5.40. The van der Waals surface area contributed by atoms with Crippen molar-refractivity contribution in [1.82, 2.24) is 15.4 Å². The van der Waals surface area contributed by atoms with E-state index in [9.17, 15) is 19.5 Å². The molecule has 0 radical (unpaired) electrons. The van der Waals surface area contributed by atoms with Crippen molar-refractivity contribution in [3.63, 3.8) is 0 Å². The summed E-state index contributed by atoms with van der Waals surface area (Å²) in [5.41, 5.74) is 5.95. The van der Waals surface area contributed by atoms with Crippen molar-refractivity contribution < 1.29 is 58.7 Å². The van der Waals surface area contributed by atoms with Gasteiger partial charge in [0.25, 0.3) is 11.8 Å². The number of nitrogens with zero attached hydrogens (tertiary/aromatic N) is 3. The van der Waals surface area contributed by atoms with E-state index in [1.165, 1.54) is 12.5 Å². The summed E-state index contributed by atoms with van der Waals surface area (Å²) in [5, 5.41) is 20.3. The molecule has 1 saturated heterocycles. The molecule has 13 heteroatoms.